The molecule has 2 aromatic carbocycles. The Balaban J connectivity index is 1.40. The van der Waals surface area contributed by atoms with Gasteiger partial charge in [-0.1, -0.05) is 18.6 Å². The minimum Gasteiger partial charge on any atom is -0.497 e. The molecule has 1 aromatic heterocycles. The molecule has 32 heavy (non-hydrogen) atoms. The molecule has 0 bridgehead atoms. The molecule has 166 valence electrons. The van der Waals surface area contributed by atoms with Crippen molar-refractivity contribution in [3.05, 3.63) is 59.9 Å². The van der Waals surface area contributed by atoms with Crippen molar-refractivity contribution in [2.24, 2.45) is 5.10 Å². The number of hydrogen-bond acceptors (Lipinski definition) is 5. The predicted octanol–water partition coefficient (Wildman–Crippen LogP) is 4.13. The Kier molecular flexibility index (Phi) is 5.90. The number of nitrogens with one attached hydrogen (secondary N) is 1. The van der Waals surface area contributed by atoms with Crippen LogP contribution in [0.15, 0.2) is 53.6 Å². The zero-order valence-electron chi connectivity index (χ0n) is 18.5. The van der Waals surface area contributed by atoms with E-state index in [-0.39, 0.29) is 11.9 Å². The highest BCUT2D eigenvalue weighted by molar-refractivity contribution is 6.03. The Morgan fingerprint density at radius 1 is 1.09 bits per heavy atom. The van der Waals surface area contributed by atoms with Crippen LogP contribution in [0.25, 0.3) is 11.0 Å². The largest absolute Gasteiger partial charge is 0.497 e. The summed E-state index contributed by atoms with van der Waals surface area (Å²) in [6.45, 7) is 2.96. The van der Waals surface area contributed by atoms with E-state index in [1.54, 1.807) is 12.1 Å². The van der Waals surface area contributed by atoms with Gasteiger partial charge in [0.25, 0.3) is 0 Å². The second-order valence-corrected chi connectivity index (χ2v) is 8.52. The van der Waals surface area contributed by atoms with Gasteiger partial charge in [0, 0.05) is 19.4 Å². The van der Waals surface area contributed by atoms with Crippen LogP contribution in [-0.4, -0.2) is 58.2 Å². The molecule has 2 aliphatic heterocycles. The summed E-state index contributed by atoms with van der Waals surface area (Å²) in [5, 5.41) is 6.44. The summed E-state index contributed by atoms with van der Waals surface area (Å²) < 4.78 is 5.28. The van der Waals surface area contributed by atoms with Crippen LogP contribution in [-0.2, 0) is 4.79 Å². The molecule has 0 saturated carbocycles. The number of amides is 1. The number of aromatic amines is 1. The van der Waals surface area contributed by atoms with E-state index >= 15 is 0 Å². The van der Waals surface area contributed by atoms with Crippen molar-refractivity contribution in [2.75, 3.05) is 26.7 Å². The monoisotopic (exact) mass is 431 g/mol. The minimum atomic E-state index is -0.228. The third kappa shape index (κ3) is 4.25. The first-order valence-corrected chi connectivity index (χ1v) is 11.4. The number of carbonyl (C=O) groups excluding carboxylic acids is 1. The van der Waals surface area contributed by atoms with E-state index in [0.29, 0.717) is 12.8 Å². The molecule has 1 unspecified atom stereocenters. The summed E-state index contributed by atoms with van der Waals surface area (Å²) >= 11 is 0. The number of para-hydroxylation sites is 2. The first kappa shape index (κ1) is 20.7. The Morgan fingerprint density at radius 3 is 2.62 bits per heavy atom. The second kappa shape index (κ2) is 9.12. The van der Waals surface area contributed by atoms with Crippen molar-refractivity contribution >= 4 is 22.7 Å². The number of hydrazone groups is 1. The SMILES string of the molecule is COc1ccc(C2=NN(C(=O)CCN3CCCCC3)C(c3nc4ccccc4[nH]3)C2)cc1. The van der Waals surface area contributed by atoms with E-state index in [9.17, 15) is 4.79 Å². The van der Waals surface area contributed by atoms with Gasteiger partial charge >= 0.3 is 0 Å². The van der Waals surface area contributed by atoms with Crippen LogP contribution in [0.1, 0.15) is 49.5 Å². The first-order chi connectivity index (χ1) is 15.7. The molecule has 1 fully saturated rings. The summed E-state index contributed by atoms with van der Waals surface area (Å²) in [4.78, 5) is 23.9. The molecule has 0 aliphatic carbocycles. The predicted molar refractivity (Wildman–Crippen MR) is 125 cm³/mol. The quantitative estimate of drug-likeness (QED) is 0.637. The summed E-state index contributed by atoms with van der Waals surface area (Å²) in [5.74, 6) is 1.63. The third-order valence-electron chi connectivity index (χ3n) is 6.40. The molecule has 0 radical (unpaired) electrons. The number of H-pyrrole nitrogens is 1. The number of fused-ring (bicyclic) bond motifs is 1. The van der Waals surface area contributed by atoms with Gasteiger partial charge in [-0.3, -0.25) is 4.79 Å². The highest BCUT2D eigenvalue weighted by atomic mass is 16.5. The highest BCUT2D eigenvalue weighted by Gasteiger charge is 2.35. The van der Waals surface area contributed by atoms with Gasteiger partial charge in [0.2, 0.25) is 5.91 Å². The highest BCUT2D eigenvalue weighted by Crippen LogP contribution is 2.33. The number of methoxy groups -OCH3 is 1. The molecule has 5 rings (SSSR count). The number of piperidine rings is 1. The second-order valence-electron chi connectivity index (χ2n) is 8.52. The smallest absolute Gasteiger partial charge is 0.244 e. The van der Waals surface area contributed by atoms with Crippen molar-refractivity contribution in [2.45, 2.75) is 38.1 Å². The normalized spacial score (nSPS) is 19.3. The maximum absolute atomic E-state index is 13.3. The lowest BCUT2D eigenvalue weighted by molar-refractivity contribution is -0.133. The van der Waals surface area contributed by atoms with Crippen LogP contribution in [0.3, 0.4) is 0 Å². The number of ether oxygens (including phenoxy) is 1. The molecule has 7 nitrogen and oxygen atoms in total. The van der Waals surface area contributed by atoms with Crippen LogP contribution >= 0.6 is 0 Å². The van der Waals surface area contributed by atoms with Crippen LogP contribution in [0.2, 0.25) is 0 Å². The van der Waals surface area contributed by atoms with E-state index in [1.165, 1.54) is 19.3 Å². The van der Waals surface area contributed by atoms with Crippen molar-refractivity contribution in [1.29, 1.82) is 0 Å². The topological polar surface area (TPSA) is 73.8 Å². The van der Waals surface area contributed by atoms with Gasteiger partial charge < -0.3 is 14.6 Å². The molecule has 0 spiro atoms. The van der Waals surface area contributed by atoms with Gasteiger partial charge in [-0.2, -0.15) is 5.10 Å². The van der Waals surface area contributed by atoms with E-state index < -0.39 is 0 Å². The molecule has 1 atom stereocenters. The van der Waals surface area contributed by atoms with Crippen molar-refractivity contribution in [1.82, 2.24) is 19.9 Å². The molecule has 1 N–H and O–H groups in total. The molecule has 1 saturated heterocycles. The standard InChI is InChI=1S/C25H29N5O2/c1-32-19-11-9-18(10-12-19)22-17-23(25-26-20-7-3-4-8-21(20)27-25)30(28-22)24(31)13-16-29-14-5-2-6-15-29/h3-4,7-12,23H,2,5-6,13-17H2,1H3,(H,26,27). The Morgan fingerprint density at radius 2 is 1.88 bits per heavy atom. The van der Waals surface area contributed by atoms with Gasteiger partial charge in [-0.15, -0.1) is 0 Å². The molecular weight excluding hydrogens is 402 g/mol. The van der Waals surface area contributed by atoms with Gasteiger partial charge in [-0.25, -0.2) is 9.99 Å². The summed E-state index contributed by atoms with van der Waals surface area (Å²) in [6, 6.07) is 15.6. The van der Waals surface area contributed by atoms with Gasteiger partial charge in [0.15, 0.2) is 0 Å². The Bertz CT molecular complexity index is 1080. The summed E-state index contributed by atoms with van der Waals surface area (Å²) in [5.41, 5.74) is 3.77. The van der Waals surface area contributed by atoms with Crippen LogP contribution < -0.4 is 4.74 Å². The van der Waals surface area contributed by atoms with E-state index in [1.807, 2.05) is 48.5 Å². The molecule has 3 aromatic rings. The van der Waals surface area contributed by atoms with Crippen LogP contribution in [0, 0.1) is 0 Å². The average Bonchev–Trinajstić information content (AvgIpc) is 3.48. The zero-order valence-corrected chi connectivity index (χ0v) is 18.5. The fraction of sp³-hybridized carbons (Fsp3) is 0.400. The Labute approximate surface area is 188 Å². The summed E-state index contributed by atoms with van der Waals surface area (Å²) in [6.07, 6.45) is 4.83. The number of carbonyl (C=O) groups is 1. The molecule has 3 heterocycles. The number of rotatable bonds is 6. The van der Waals surface area contributed by atoms with Crippen LogP contribution in [0.5, 0.6) is 5.75 Å². The van der Waals surface area contributed by atoms with Crippen molar-refractivity contribution in [3.8, 4) is 5.75 Å². The number of hydrogen-bond donors (Lipinski definition) is 1. The lowest BCUT2D eigenvalue weighted by atomic mass is 10.0. The Hall–Kier alpha value is -3.19. The molecule has 2 aliphatic rings. The molecular formula is C25H29N5O2. The average molecular weight is 432 g/mol. The summed E-state index contributed by atoms with van der Waals surface area (Å²) in [7, 11) is 1.66. The lowest BCUT2D eigenvalue weighted by Crippen LogP contribution is -2.35. The number of aromatic nitrogens is 2. The molecule has 7 heteroatoms. The number of nitrogens with zero attached hydrogens (tertiary/aromatic N) is 4. The third-order valence-corrected chi connectivity index (χ3v) is 6.40. The van der Waals surface area contributed by atoms with Gasteiger partial charge in [0.05, 0.1) is 23.9 Å². The fourth-order valence-corrected chi connectivity index (χ4v) is 4.59. The maximum Gasteiger partial charge on any atom is 0.244 e. The fourth-order valence-electron chi connectivity index (χ4n) is 4.59. The van der Waals surface area contributed by atoms with E-state index in [2.05, 4.69) is 9.88 Å². The van der Waals surface area contributed by atoms with Crippen molar-refractivity contribution < 1.29 is 9.53 Å². The minimum absolute atomic E-state index is 0.0459. The first-order valence-electron chi connectivity index (χ1n) is 11.4. The van der Waals surface area contributed by atoms with E-state index in [0.717, 1.165) is 53.5 Å². The molecule has 1 amide bonds. The van der Waals surface area contributed by atoms with Crippen molar-refractivity contribution in [3.63, 3.8) is 0 Å². The lowest BCUT2D eigenvalue weighted by Gasteiger charge is -2.27. The van der Waals surface area contributed by atoms with Gasteiger partial charge in [-0.05, 0) is 67.9 Å². The number of imidazole rings is 1. The van der Waals surface area contributed by atoms with E-state index in [4.69, 9.17) is 14.8 Å². The van der Waals surface area contributed by atoms with Gasteiger partial charge in [0.1, 0.15) is 17.6 Å². The van der Waals surface area contributed by atoms with Crippen LogP contribution in [0.4, 0.5) is 0 Å². The zero-order chi connectivity index (χ0) is 21.9. The number of likely N-dealkylation sites (tertiary alicyclic amines) is 1. The maximum atomic E-state index is 13.3. The number of benzene rings is 2.